The minimum Gasteiger partial charge on any atom is -0.260 e. The molecular formula is C51H48N6. The van der Waals surface area contributed by atoms with Crippen LogP contribution in [0, 0.1) is 29.2 Å². The summed E-state index contributed by atoms with van der Waals surface area (Å²) in [5.41, 5.74) is 12.3. The number of aromatic nitrogens is 3. The standard InChI is InChI=1S/C51H48N6/c1-49(2,3)39-11-14-55-43(26-39)46-33-17-31(29-52)19-35(21-33)47(44-27-40(12-15-56-44)50(4,5)6)37-23-38(25-42(24-37)54-10)48(36-20-32(30-53)18-34(46)22-36)45-28-41(13-16-57-45)51(7,8)9/h11-28,46-48H,1-9H3. The molecule has 57 heavy (non-hydrogen) atoms. The summed E-state index contributed by atoms with van der Waals surface area (Å²) in [7, 11) is 0. The van der Waals surface area contributed by atoms with Crippen molar-refractivity contribution in [1.29, 1.82) is 10.5 Å². The lowest BCUT2D eigenvalue weighted by atomic mass is 9.76. The molecule has 1 aliphatic rings. The predicted molar refractivity (Wildman–Crippen MR) is 227 cm³/mol. The maximum Gasteiger partial charge on any atom is 0.187 e. The van der Waals surface area contributed by atoms with Gasteiger partial charge in [-0.1, -0.05) is 92.6 Å². The molecule has 1 aliphatic carbocycles. The normalized spacial score (nSPS) is 16.6. The molecule has 0 aliphatic heterocycles. The molecule has 6 aromatic rings. The first-order chi connectivity index (χ1) is 27.0. The van der Waals surface area contributed by atoms with Gasteiger partial charge >= 0.3 is 0 Å². The minimum atomic E-state index is -0.424. The average molecular weight is 745 g/mol. The maximum absolute atomic E-state index is 10.6. The van der Waals surface area contributed by atoms with Crippen LogP contribution in [-0.2, 0) is 16.2 Å². The molecule has 2 unspecified atom stereocenters. The van der Waals surface area contributed by atoms with Crippen molar-refractivity contribution in [3.05, 3.63) is 199 Å². The van der Waals surface area contributed by atoms with Crippen molar-refractivity contribution in [3.8, 4) is 12.1 Å². The van der Waals surface area contributed by atoms with Gasteiger partial charge in [0.1, 0.15) is 0 Å². The molecular weight excluding hydrogens is 697 g/mol. The molecule has 0 amide bonds. The highest BCUT2D eigenvalue weighted by atomic mass is 14.7. The number of fused-ring (bicyclic) bond motifs is 6. The Bertz CT molecular complexity index is 2290. The SMILES string of the molecule is [C-]#[N+]c1cc2cc(c1)C(c1cc(C(C)(C)C)ccn1)c1cc(C#N)cc(c1)C(c1cc(C(C)(C)C)ccn1)c1cc(C#N)cc(c1)C2c1cc(C(C)(C)C)ccn1. The molecule has 0 radical (unpaired) electrons. The van der Waals surface area contributed by atoms with Crippen molar-refractivity contribution >= 4 is 5.69 Å². The van der Waals surface area contributed by atoms with Gasteiger partial charge in [-0.05, 0) is 127 Å². The third-order valence-electron chi connectivity index (χ3n) is 11.1. The first-order valence-corrected chi connectivity index (χ1v) is 19.5. The largest absolute Gasteiger partial charge is 0.260 e. The van der Waals surface area contributed by atoms with Crippen LogP contribution >= 0.6 is 0 Å². The molecule has 6 nitrogen and oxygen atoms in total. The van der Waals surface area contributed by atoms with Gasteiger partial charge < -0.3 is 0 Å². The Morgan fingerprint density at radius 2 is 0.737 bits per heavy atom. The second-order valence-corrected chi connectivity index (χ2v) is 18.4. The maximum atomic E-state index is 10.6. The van der Waals surface area contributed by atoms with Crippen molar-refractivity contribution in [3.63, 3.8) is 0 Å². The first-order valence-electron chi connectivity index (χ1n) is 19.5. The number of hydrogen-bond donors (Lipinski definition) is 0. The monoisotopic (exact) mass is 744 g/mol. The van der Waals surface area contributed by atoms with Gasteiger partial charge in [-0.2, -0.15) is 10.5 Å². The van der Waals surface area contributed by atoms with Gasteiger partial charge in [0.05, 0.1) is 64.7 Å². The average Bonchev–Trinajstić information content (AvgIpc) is 3.17. The van der Waals surface area contributed by atoms with Crippen molar-refractivity contribution in [2.24, 2.45) is 0 Å². The second kappa shape index (κ2) is 14.6. The fourth-order valence-corrected chi connectivity index (χ4v) is 8.03. The zero-order valence-electron chi connectivity index (χ0n) is 34.3. The first kappa shape index (κ1) is 38.8. The summed E-state index contributed by atoms with van der Waals surface area (Å²) in [6.07, 6.45) is 5.59. The molecule has 282 valence electrons. The van der Waals surface area contributed by atoms with Gasteiger partial charge in [0, 0.05) is 18.6 Å². The molecule has 0 spiro atoms. The van der Waals surface area contributed by atoms with Gasteiger partial charge in [-0.3, -0.25) is 15.0 Å². The number of benzene rings is 3. The topological polar surface area (TPSA) is 90.6 Å². The quantitative estimate of drug-likeness (QED) is 0.168. The second-order valence-electron chi connectivity index (χ2n) is 18.4. The molecule has 2 atom stereocenters. The zero-order valence-corrected chi connectivity index (χ0v) is 34.3. The molecule has 7 rings (SSSR count). The Hall–Kier alpha value is -6.42. The Morgan fingerprint density at radius 1 is 0.456 bits per heavy atom. The van der Waals surface area contributed by atoms with Crippen LogP contribution < -0.4 is 0 Å². The minimum absolute atomic E-state index is 0.142. The summed E-state index contributed by atoms with van der Waals surface area (Å²) in [6, 6.07) is 35.8. The Morgan fingerprint density at radius 3 is 0.982 bits per heavy atom. The third-order valence-corrected chi connectivity index (χ3v) is 11.1. The van der Waals surface area contributed by atoms with Crippen LogP contribution in [0.25, 0.3) is 4.85 Å². The van der Waals surface area contributed by atoms with E-state index in [1.54, 1.807) is 0 Å². The van der Waals surface area contributed by atoms with E-state index in [9.17, 15) is 10.5 Å². The van der Waals surface area contributed by atoms with E-state index in [2.05, 4.69) is 134 Å². The third kappa shape index (κ3) is 7.85. The van der Waals surface area contributed by atoms with Gasteiger partial charge in [0.15, 0.2) is 5.69 Å². The van der Waals surface area contributed by atoms with Crippen LogP contribution in [0.1, 0.15) is 158 Å². The number of pyridine rings is 3. The molecule has 6 bridgehead atoms. The molecule has 0 N–H and O–H groups in total. The van der Waals surface area contributed by atoms with Crippen LogP contribution in [0.5, 0.6) is 0 Å². The van der Waals surface area contributed by atoms with Crippen molar-refractivity contribution in [2.75, 3.05) is 0 Å². The molecule has 6 heteroatoms. The molecule has 0 saturated heterocycles. The number of nitriles is 2. The fourth-order valence-electron chi connectivity index (χ4n) is 8.03. The summed E-state index contributed by atoms with van der Waals surface area (Å²) in [4.78, 5) is 19.1. The van der Waals surface area contributed by atoms with Crippen molar-refractivity contribution in [2.45, 2.75) is 96.3 Å². The summed E-state index contributed by atoms with van der Waals surface area (Å²) >= 11 is 0. The van der Waals surface area contributed by atoms with Crippen LogP contribution in [0.4, 0.5) is 5.69 Å². The van der Waals surface area contributed by atoms with Gasteiger partial charge in [-0.15, -0.1) is 0 Å². The van der Waals surface area contributed by atoms with Gasteiger partial charge in [-0.25, -0.2) is 4.85 Å². The molecule has 0 fully saturated rings. The van der Waals surface area contributed by atoms with Crippen molar-refractivity contribution < 1.29 is 0 Å². The lowest BCUT2D eigenvalue weighted by Gasteiger charge is -2.29. The number of hydrogen-bond acceptors (Lipinski definition) is 5. The highest BCUT2D eigenvalue weighted by Crippen LogP contribution is 2.44. The smallest absolute Gasteiger partial charge is 0.187 e. The molecule has 3 aromatic carbocycles. The highest BCUT2D eigenvalue weighted by Gasteiger charge is 2.31. The fraction of sp³-hybridized carbons (Fsp3) is 0.294. The van der Waals surface area contributed by atoms with E-state index in [4.69, 9.17) is 21.5 Å². The summed E-state index contributed by atoms with van der Waals surface area (Å²) in [6.45, 7) is 28.0. The van der Waals surface area contributed by atoms with Gasteiger partial charge in [0.25, 0.3) is 0 Å². The van der Waals surface area contributed by atoms with E-state index in [0.29, 0.717) is 16.8 Å². The predicted octanol–water partition coefficient (Wildman–Crippen LogP) is 11.9. The van der Waals surface area contributed by atoms with Crippen molar-refractivity contribution in [1.82, 2.24) is 15.0 Å². The molecule has 3 heterocycles. The van der Waals surface area contributed by atoms with E-state index in [1.165, 1.54) is 0 Å². The summed E-state index contributed by atoms with van der Waals surface area (Å²) in [5.74, 6) is -1.26. The molecule has 0 saturated carbocycles. The van der Waals surface area contributed by atoms with Crippen LogP contribution in [0.15, 0.2) is 110 Å². The Balaban J connectivity index is 1.66. The lowest BCUT2D eigenvalue weighted by Crippen LogP contribution is -2.17. The van der Waals surface area contributed by atoms with Crippen LogP contribution in [0.3, 0.4) is 0 Å². The van der Waals surface area contributed by atoms with E-state index in [0.717, 1.165) is 67.2 Å². The van der Waals surface area contributed by atoms with Crippen LogP contribution in [-0.4, -0.2) is 15.0 Å². The van der Waals surface area contributed by atoms with E-state index in [-0.39, 0.29) is 16.2 Å². The summed E-state index contributed by atoms with van der Waals surface area (Å²) in [5, 5.41) is 21.2. The number of nitrogens with zero attached hydrogens (tertiary/aromatic N) is 6. The zero-order chi connectivity index (χ0) is 40.9. The van der Waals surface area contributed by atoms with Crippen LogP contribution in [0.2, 0.25) is 0 Å². The lowest BCUT2D eigenvalue weighted by molar-refractivity contribution is 0.587. The Kier molecular flexibility index (Phi) is 9.94. The van der Waals surface area contributed by atoms with E-state index >= 15 is 0 Å². The van der Waals surface area contributed by atoms with E-state index in [1.807, 2.05) is 55.0 Å². The highest BCUT2D eigenvalue weighted by molar-refractivity contribution is 5.61. The molecule has 3 aromatic heterocycles. The Labute approximate surface area is 337 Å². The summed E-state index contributed by atoms with van der Waals surface area (Å²) < 4.78 is 0. The van der Waals surface area contributed by atoms with E-state index < -0.39 is 17.8 Å². The van der Waals surface area contributed by atoms with Gasteiger partial charge in [0.2, 0.25) is 0 Å². The number of rotatable bonds is 3.